The quantitative estimate of drug-likeness (QED) is 0.615. The maximum Gasteiger partial charge on any atom is 0.219 e. The third-order valence-electron chi connectivity index (χ3n) is 7.86. The topological polar surface area (TPSA) is 67.3 Å². The Bertz CT molecular complexity index is 1030. The zero-order chi connectivity index (χ0) is 23.9. The highest BCUT2D eigenvalue weighted by atomic mass is 32.3. The summed E-state index contributed by atoms with van der Waals surface area (Å²) in [5, 5.41) is -0.354. The number of nitrogens with zero attached hydrogens (tertiary/aromatic N) is 3. The standard InChI is InChI=1S/C26H34FN3O3S/c1-19(31)28-12-14-29(15-13-28)23-11-10-22(24(27)17-23)18-30-25-9-5-8-21(25)16-26(34(30,32)33)20-6-3-2-4-7-20/h2-4,6-7,10-11,17,21,25-26,32-33H,5,8-9,12-16,18H2,1H3. The molecule has 0 radical (unpaired) electrons. The van der Waals surface area contributed by atoms with Gasteiger partial charge >= 0.3 is 0 Å². The Balaban J connectivity index is 1.36. The van der Waals surface area contributed by atoms with Gasteiger partial charge in [-0.1, -0.05) is 42.8 Å². The number of benzene rings is 2. The van der Waals surface area contributed by atoms with E-state index < -0.39 is 10.8 Å². The van der Waals surface area contributed by atoms with Crippen molar-refractivity contribution in [3.63, 3.8) is 0 Å². The Kier molecular flexibility index (Phi) is 6.59. The Hall–Kier alpha value is -2.13. The molecule has 6 nitrogen and oxygen atoms in total. The minimum absolute atomic E-state index is 0.0701. The van der Waals surface area contributed by atoms with Crippen LogP contribution in [0.4, 0.5) is 10.1 Å². The summed E-state index contributed by atoms with van der Waals surface area (Å²) in [5.74, 6) is 0.142. The molecule has 3 aliphatic rings. The average Bonchev–Trinajstić information content (AvgIpc) is 3.30. The first kappa shape index (κ1) is 23.6. The SMILES string of the molecule is CC(=O)N1CCN(c2ccc(CN3C4CCCC4CC(c4ccccc4)S3(O)O)c(F)c2)CC1. The van der Waals surface area contributed by atoms with Crippen LogP contribution >= 0.6 is 10.8 Å². The first-order chi connectivity index (χ1) is 16.3. The van der Waals surface area contributed by atoms with Crippen LogP contribution in [0, 0.1) is 11.7 Å². The lowest BCUT2D eigenvalue weighted by Gasteiger charge is -2.56. The van der Waals surface area contributed by atoms with Gasteiger partial charge in [0.25, 0.3) is 0 Å². The van der Waals surface area contributed by atoms with Crippen LogP contribution in [-0.4, -0.2) is 56.4 Å². The first-order valence-electron chi connectivity index (χ1n) is 12.2. The van der Waals surface area contributed by atoms with E-state index in [1.807, 2.05) is 45.6 Å². The first-order valence-corrected chi connectivity index (χ1v) is 13.8. The van der Waals surface area contributed by atoms with Crippen molar-refractivity contribution < 1.29 is 18.3 Å². The number of carbonyl (C=O) groups excluding carboxylic acids is 1. The molecule has 2 aromatic rings. The normalized spacial score (nSPS) is 27.9. The highest BCUT2D eigenvalue weighted by Gasteiger charge is 2.48. The molecule has 2 aromatic carbocycles. The zero-order valence-electron chi connectivity index (χ0n) is 19.6. The molecule has 0 spiro atoms. The second-order valence-corrected chi connectivity index (χ2v) is 12.0. The summed E-state index contributed by atoms with van der Waals surface area (Å²) < 4.78 is 40.1. The fourth-order valence-corrected chi connectivity index (χ4v) is 8.31. The zero-order valence-corrected chi connectivity index (χ0v) is 20.5. The van der Waals surface area contributed by atoms with Crippen molar-refractivity contribution in [3.8, 4) is 0 Å². The Morgan fingerprint density at radius 3 is 2.47 bits per heavy atom. The molecule has 1 saturated carbocycles. The van der Waals surface area contributed by atoms with Crippen molar-refractivity contribution >= 4 is 22.4 Å². The van der Waals surface area contributed by atoms with Gasteiger partial charge in [0.2, 0.25) is 5.91 Å². The Morgan fingerprint density at radius 2 is 1.79 bits per heavy atom. The fourth-order valence-electron chi connectivity index (χ4n) is 5.95. The maximum atomic E-state index is 15.3. The summed E-state index contributed by atoms with van der Waals surface area (Å²) in [6.07, 6.45) is 3.83. The molecule has 5 rings (SSSR count). The number of rotatable bonds is 4. The summed E-state index contributed by atoms with van der Waals surface area (Å²) in [7, 11) is -3.11. The Labute approximate surface area is 202 Å². The highest BCUT2D eigenvalue weighted by Crippen LogP contribution is 2.66. The highest BCUT2D eigenvalue weighted by molar-refractivity contribution is 8.22. The molecule has 1 amide bonds. The summed E-state index contributed by atoms with van der Waals surface area (Å²) in [6.45, 7) is 4.39. The second kappa shape index (κ2) is 9.49. The van der Waals surface area contributed by atoms with Crippen LogP contribution in [-0.2, 0) is 11.3 Å². The molecule has 2 saturated heterocycles. The number of fused-ring (bicyclic) bond motifs is 1. The number of carbonyl (C=O) groups is 1. The third-order valence-corrected chi connectivity index (χ3v) is 10.2. The van der Waals surface area contributed by atoms with Gasteiger partial charge < -0.3 is 9.80 Å². The van der Waals surface area contributed by atoms with Gasteiger partial charge in [-0.2, -0.15) is 4.31 Å². The van der Waals surface area contributed by atoms with E-state index in [0.29, 0.717) is 37.7 Å². The van der Waals surface area contributed by atoms with E-state index in [2.05, 4.69) is 4.90 Å². The van der Waals surface area contributed by atoms with Crippen molar-refractivity contribution in [2.24, 2.45) is 5.92 Å². The molecule has 184 valence electrons. The minimum atomic E-state index is -3.11. The van der Waals surface area contributed by atoms with E-state index in [9.17, 15) is 13.9 Å². The average molecular weight is 488 g/mol. The van der Waals surface area contributed by atoms with Crippen LogP contribution in [0.15, 0.2) is 48.5 Å². The molecule has 0 bridgehead atoms. The molecule has 1 aliphatic carbocycles. The lowest BCUT2D eigenvalue weighted by atomic mass is 9.94. The van der Waals surface area contributed by atoms with Crippen LogP contribution in [0.3, 0.4) is 0 Å². The Morgan fingerprint density at radius 1 is 1.06 bits per heavy atom. The van der Waals surface area contributed by atoms with E-state index in [4.69, 9.17) is 0 Å². The van der Waals surface area contributed by atoms with Crippen LogP contribution in [0.1, 0.15) is 49.0 Å². The minimum Gasteiger partial charge on any atom is -0.368 e. The van der Waals surface area contributed by atoms with Crippen LogP contribution in [0.2, 0.25) is 0 Å². The summed E-state index contributed by atoms with van der Waals surface area (Å²) in [6, 6.07) is 15.1. The number of piperazine rings is 1. The summed E-state index contributed by atoms with van der Waals surface area (Å²) in [5.41, 5.74) is 2.24. The second-order valence-electron chi connectivity index (χ2n) is 9.80. The molecule has 0 aromatic heterocycles. The molecule has 2 aliphatic heterocycles. The predicted octanol–water partition coefficient (Wildman–Crippen LogP) is 5.28. The molecule has 3 atom stereocenters. The van der Waals surface area contributed by atoms with Gasteiger partial charge in [0.05, 0.1) is 5.25 Å². The van der Waals surface area contributed by atoms with Crippen LogP contribution in [0.5, 0.6) is 0 Å². The number of hydrogen-bond donors (Lipinski definition) is 2. The van der Waals surface area contributed by atoms with Crippen molar-refractivity contribution in [3.05, 3.63) is 65.5 Å². The monoisotopic (exact) mass is 487 g/mol. The van der Waals surface area contributed by atoms with Crippen molar-refractivity contribution in [1.29, 1.82) is 0 Å². The van der Waals surface area contributed by atoms with Crippen molar-refractivity contribution in [1.82, 2.24) is 9.21 Å². The molecule has 2 N–H and O–H groups in total. The molecule has 3 fully saturated rings. The number of anilines is 1. The largest absolute Gasteiger partial charge is 0.368 e. The lowest BCUT2D eigenvalue weighted by molar-refractivity contribution is -0.129. The summed E-state index contributed by atoms with van der Waals surface area (Å²) >= 11 is 0. The van der Waals surface area contributed by atoms with E-state index in [0.717, 1.165) is 36.9 Å². The molecule has 34 heavy (non-hydrogen) atoms. The molecule has 8 heteroatoms. The molecule has 2 heterocycles. The van der Waals surface area contributed by atoms with Gasteiger partial charge in [-0.05, 0) is 42.9 Å². The van der Waals surface area contributed by atoms with Gasteiger partial charge in [-0.15, -0.1) is 10.8 Å². The molecular weight excluding hydrogens is 453 g/mol. The van der Waals surface area contributed by atoms with Crippen molar-refractivity contribution in [2.45, 2.75) is 50.4 Å². The van der Waals surface area contributed by atoms with Gasteiger partial charge in [0.1, 0.15) is 5.82 Å². The van der Waals surface area contributed by atoms with Gasteiger partial charge in [0, 0.05) is 56.9 Å². The van der Waals surface area contributed by atoms with Crippen LogP contribution in [0.25, 0.3) is 0 Å². The van der Waals surface area contributed by atoms with Crippen molar-refractivity contribution in [2.75, 3.05) is 31.1 Å². The van der Waals surface area contributed by atoms with E-state index in [-0.39, 0.29) is 29.6 Å². The van der Waals surface area contributed by atoms with E-state index in [1.165, 1.54) is 0 Å². The maximum absolute atomic E-state index is 15.3. The van der Waals surface area contributed by atoms with E-state index in [1.54, 1.807) is 19.1 Å². The smallest absolute Gasteiger partial charge is 0.219 e. The number of halogens is 1. The number of hydrogen-bond acceptors (Lipinski definition) is 5. The third kappa shape index (κ3) is 4.44. The van der Waals surface area contributed by atoms with Crippen LogP contribution < -0.4 is 4.90 Å². The van der Waals surface area contributed by atoms with Gasteiger partial charge in [-0.25, -0.2) is 4.39 Å². The van der Waals surface area contributed by atoms with Gasteiger partial charge in [-0.3, -0.25) is 13.9 Å². The fraction of sp³-hybridized carbons (Fsp3) is 0.500. The predicted molar refractivity (Wildman–Crippen MR) is 134 cm³/mol. The molecule has 3 unspecified atom stereocenters. The molecular formula is C26H34FN3O3S. The van der Waals surface area contributed by atoms with Gasteiger partial charge in [0.15, 0.2) is 0 Å². The number of amides is 1. The van der Waals surface area contributed by atoms with E-state index >= 15 is 4.39 Å². The lowest BCUT2D eigenvalue weighted by Crippen LogP contribution is -2.48. The summed E-state index contributed by atoms with van der Waals surface area (Å²) in [4.78, 5) is 15.5.